The number of carbonyl (C=O) groups is 2. The summed E-state index contributed by atoms with van der Waals surface area (Å²) in [7, 11) is 0. The molecule has 0 saturated carbocycles. The van der Waals surface area contributed by atoms with E-state index in [1.54, 1.807) is 36.4 Å². The molecule has 5 nitrogen and oxygen atoms in total. The Labute approximate surface area is 150 Å². The molecular weight excluding hydrogens is 340 g/mol. The highest BCUT2D eigenvalue weighted by Crippen LogP contribution is 2.09. The van der Waals surface area contributed by atoms with E-state index in [4.69, 9.17) is 22.4 Å². The van der Waals surface area contributed by atoms with Gasteiger partial charge in [0.2, 0.25) is 0 Å². The second-order valence-corrected chi connectivity index (χ2v) is 5.66. The minimum atomic E-state index is -0.901. The van der Waals surface area contributed by atoms with E-state index >= 15 is 0 Å². The van der Waals surface area contributed by atoms with E-state index in [1.807, 2.05) is 12.1 Å². The Hall–Kier alpha value is -2.65. The molecule has 0 radical (unpaired) electrons. The normalized spacial score (nSPS) is 11.2. The van der Waals surface area contributed by atoms with Crippen LogP contribution < -0.4 is 11.1 Å². The molecule has 6 heteroatoms. The molecule has 0 bridgehead atoms. The summed E-state index contributed by atoms with van der Waals surface area (Å²) in [5.41, 5.74) is 7.38. The van der Waals surface area contributed by atoms with Crippen LogP contribution in [0, 0.1) is 11.8 Å². The monoisotopic (exact) mass is 356 g/mol. The van der Waals surface area contributed by atoms with Crippen LogP contribution in [0.25, 0.3) is 0 Å². The number of rotatable bonds is 5. The third-order valence-electron chi connectivity index (χ3n) is 3.43. The molecule has 2 aromatic carbocycles. The molecule has 0 aliphatic heterocycles. The summed E-state index contributed by atoms with van der Waals surface area (Å²) in [5, 5.41) is 12.0. The van der Waals surface area contributed by atoms with Gasteiger partial charge < -0.3 is 16.2 Å². The van der Waals surface area contributed by atoms with Crippen LogP contribution in [0.2, 0.25) is 5.02 Å². The summed E-state index contributed by atoms with van der Waals surface area (Å²) < 4.78 is 0. The van der Waals surface area contributed by atoms with Crippen molar-refractivity contribution in [3.8, 4) is 11.8 Å². The highest BCUT2D eigenvalue weighted by Gasteiger charge is 2.18. The maximum atomic E-state index is 12.1. The van der Waals surface area contributed by atoms with E-state index < -0.39 is 24.3 Å². The topological polar surface area (TPSA) is 92.4 Å². The van der Waals surface area contributed by atoms with E-state index in [0.717, 1.165) is 11.1 Å². The number of carbonyl (C=O) groups excluding carboxylic acids is 2. The minimum Gasteiger partial charge on any atom is -0.388 e. The average molecular weight is 357 g/mol. The Morgan fingerprint density at radius 1 is 1.04 bits per heavy atom. The molecule has 0 aliphatic rings. The van der Waals surface area contributed by atoms with Crippen LogP contribution in [0.5, 0.6) is 0 Å². The Morgan fingerprint density at radius 3 is 2.04 bits per heavy atom. The van der Waals surface area contributed by atoms with Crippen molar-refractivity contribution in [1.82, 2.24) is 5.32 Å². The van der Waals surface area contributed by atoms with E-state index in [-0.39, 0.29) is 6.54 Å². The van der Waals surface area contributed by atoms with Gasteiger partial charge in [-0.25, -0.2) is 0 Å². The number of halogens is 1. The lowest BCUT2D eigenvalue weighted by Gasteiger charge is -2.14. The summed E-state index contributed by atoms with van der Waals surface area (Å²) in [4.78, 5) is 23.5. The lowest BCUT2D eigenvalue weighted by molar-refractivity contribution is -0.123. The lowest BCUT2D eigenvalue weighted by atomic mass is 10.1. The Morgan fingerprint density at radius 2 is 1.56 bits per heavy atom. The third-order valence-corrected chi connectivity index (χ3v) is 3.68. The van der Waals surface area contributed by atoms with E-state index in [2.05, 4.69) is 17.2 Å². The Bertz CT molecular complexity index is 805. The van der Waals surface area contributed by atoms with E-state index in [9.17, 15) is 9.59 Å². The number of benzene rings is 2. The highest BCUT2D eigenvalue weighted by atomic mass is 35.5. The van der Waals surface area contributed by atoms with Gasteiger partial charge in [-0.2, -0.15) is 0 Å². The molecule has 128 valence electrons. The summed E-state index contributed by atoms with van der Waals surface area (Å²) in [6.45, 7) is -0.739. The molecule has 0 fully saturated rings. The number of aliphatic hydroxyl groups is 1. The van der Waals surface area contributed by atoms with Gasteiger partial charge in [0.05, 0.1) is 0 Å². The minimum absolute atomic E-state index is 0.0736. The van der Waals surface area contributed by atoms with Crippen LogP contribution in [0.4, 0.5) is 0 Å². The van der Waals surface area contributed by atoms with Crippen LogP contribution in [0.1, 0.15) is 21.5 Å². The molecule has 0 aliphatic carbocycles. The van der Waals surface area contributed by atoms with Crippen molar-refractivity contribution in [3.63, 3.8) is 0 Å². The van der Waals surface area contributed by atoms with Crippen molar-refractivity contribution >= 4 is 23.3 Å². The van der Waals surface area contributed by atoms with Gasteiger partial charge in [-0.05, 0) is 48.5 Å². The summed E-state index contributed by atoms with van der Waals surface area (Å²) in [6, 6.07) is 12.9. The summed E-state index contributed by atoms with van der Waals surface area (Å²) in [6.07, 6.45) is 0. The SMILES string of the molecule is NC[C@H](NC(=O)c1ccc(C#Cc2ccc(Cl)cc2)cc1)C(=O)CO. The van der Waals surface area contributed by atoms with Crippen molar-refractivity contribution in [2.24, 2.45) is 5.73 Å². The Balaban J connectivity index is 2.05. The zero-order chi connectivity index (χ0) is 18.2. The second kappa shape index (κ2) is 9.00. The first kappa shape index (κ1) is 18.7. The van der Waals surface area contributed by atoms with E-state index in [1.165, 1.54) is 0 Å². The van der Waals surface area contributed by atoms with Gasteiger partial charge in [0.1, 0.15) is 12.6 Å². The number of Topliss-reactive ketones (excluding diaryl/α,β-unsaturated/α-hetero) is 1. The highest BCUT2D eigenvalue weighted by molar-refractivity contribution is 6.30. The van der Waals surface area contributed by atoms with Gasteiger partial charge in [0.25, 0.3) is 5.91 Å². The molecule has 4 N–H and O–H groups in total. The first-order valence-corrected chi connectivity index (χ1v) is 7.93. The van der Waals surface area contributed by atoms with Gasteiger partial charge in [-0.15, -0.1) is 0 Å². The molecule has 0 saturated heterocycles. The summed E-state index contributed by atoms with van der Waals surface area (Å²) in [5.74, 6) is 5.03. The van der Waals surface area contributed by atoms with Gasteiger partial charge >= 0.3 is 0 Å². The first-order chi connectivity index (χ1) is 12.0. The standard InChI is InChI=1S/C19H17ClN2O3/c20-16-9-5-14(6-10-16)2-1-13-3-7-15(8-4-13)19(25)22-17(11-21)18(24)12-23/h3-10,17,23H,11-12,21H2,(H,22,25)/t17-/m0/s1. The zero-order valence-corrected chi connectivity index (χ0v) is 14.1. The average Bonchev–Trinajstić information content (AvgIpc) is 2.65. The Kier molecular flexibility index (Phi) is 6.72. The largest absolute Gasteiger partial charge is 0.388 e. The number of nitrogens with two attached hydrogens (primary N) is 1. The molecule has 0 aromatic heterocycles. The fraction of sp³-hybridized carbons (Fsp3) is 0.158. The molecular formula is C19H17ClN2O3. The number of hydrogen-bond acceptors (Lipinski definition) is 4. The predicted molar refractivity (Wildman–Crippen MR) is 96.3 cm³/mol. The van der Waals surface area contributed by atoms with Gasteiger partial charge in [0.15, 0.2) is 5.78 Å². The molecule has 1 amide bonds. The van der Waals surface area contributed by atoms with Crippen molar-refractivity contribution in [3.05, 3.63) is 70.2 Å². The van der Waals surface area contributed by atoms with Gasteiger partial charge in [-0.1, -0.05) is 23.4 Å². The quantitative estimate of drug-likeness (QED) is 0.705. The fourth-order valence-electron chi connectivity index (χ4n) is 2.01. The summed E-state index contributed by atoms with van der Waals surface area (Å²) >= 11 is 5.82. The molecule has 25 heavy (non-hydrogen) atoms. The number of aliphatic hydroxyl groups excluding tert-OH is 1. The maximum absolute atomic E-state index is 12.1. The third kappa shape index (κ3) is 5.44. The van der Waals surface area contributed by atoms with Crippen LogP contribution in [-0.4, -0.2) is 36.0 Å². The van der Waals surface area contributed by atoms with Crippen molar-refractivity contribution in [2.45, 2.75) is 6.04 Å². The van der Waals surface area contributed by atoms with Gasteiger partial charge in [0, 0.05) is 28.3 Å². The predicted octanol–water partition coefficient (Wildman–Crippen LogP) is 1.36. The van der Waals surface area contributed by atoms with Gasteiger partial charge in [-0.3, -0.25) is 9.59 Å². The fourth-order valence-corrected chi connectivity index (χ4v) is 2.13. The molecule has 0 spiro atoms. The first-order valence-electron chi connectivity index (χ1n) is 7.55. The molecule has 1 atom stereocenters. The lowest BCUT2D eigenvalue weighted by Crippen LogP contribution is -2.46. The van der Waals surface area contributed by atoms with Crippen molar-refractivity contribution < 1.29 is 14.7 Å². The van der Waals surface area contributed by atoms with Crippen LogP contribution in [-0.2, 0) is 4.79 Å². The smallest absolute Gasteiger partial charge is 0.251 e. The number of nitrogens with one attached hydrogen (secondary N) is 1. The maximum Gasteiger partial charge on any atom is 0.251 e. The number of hydrogen-bond donors (Lipinski definition) is 3. The van der Waals surface area contributed by atoms with Crippen LogP contribution in [0.3, 0.4) is 0 Å². The zero-order valence-electron chi connectivity index (χ0n) is 13.3. The number of amides is 1. The van der Waals surface area contributed by atoms with Crippen LogP contribution >= 0.6 is 11.6 Å². The molecule has 2 rings (SSSR count). The van der Waals surface area contributed by atoms with Crippen LogP contribution in [0.15, 0.2) is 48.5 Å². The molecule has 0 heterocycles. The molecule has 0 unspecified atom stereocenters. The number of ketones is 1. The van der Waals surface area contributed by atoms with Crippen molar-refractivity contribution in [2.75, 3.05) is 13.2 Å². The molecule has 2 aromatic rings. The van der Waals surface area contributed by atoms with E-state index in [0.29, 0.717) is 10.6 Å². The second-order valence-electron chi connectivity index (χ2n) is 5.22. The van der Waals surface area contributed by atoms with Crippen molar-refractivity contribution in [1.29, 1.82) is 0 Å².